The number of carbonyl (C=O) groups is 1. The van der Waals surface area contributed by atoms with Crippen molar-refractivity contribution < 1.29 is 9.20 Å². The maximum Gasteiger partial charge on any atom is 0.298 e. The van der Waals surface area contributed by atoms with Crippen molar-refractivity contribution in [1.82, 2.24) is 14.8 Å². The van der Waals surface area contributed by atoms with Gasteiger partial charge in [-0.15, -0.1) is 0 Å². The Morgan fingerprint density at radius 3 is 2.15 bits per heavy atom. The summed E-state index contributed by atoms with van der Waals surface area (Å²) in [5, 5.41) is 1.36. The normalized spacial score (nSPS) is 14.6. The molecule has 1 N–H and O–H groups in total. The smallest absolute Gasteiger partial charge is 0.298 e. The van der Waals surface area contributed by atoms with Crippen LogP contribution in [0.2, 0.25) is 10.0 Å². The number of aromatic amines is 1. The summed E-state index contributed by atoms with van der Waals surface area (Å²) in [6, 6.07) is 19.3. The topological polar surface area (TPSA) is 43.4 Å². The number of carbonyl (C=O) groups excluding carboxylic acids is 1. The lowest BCUT2D eigenvalue weighted by Crippen LogP contribution is -2.49. The van der Waals surface area contributed by atoms with Crippen LogP contribution in [0.3, 0.4) is 0 Å². The summed E-state index contributed by atoms with van der Waals surface area (Å²) >= 11 is 12.3. The van der Waals surface area contributed by atoms with Gasteiger partial charge in [0.15, 0.2) is 11.4 Å². The van der Waals surface area contributed by atoms with E-state index in [9.17, 15) is 4.79 Å². The lowest BCUT2D eigenvalue weighted by molar-refractivity contribution is -0.497. The average molecular weight is 494 g/mol. The molecule has 0 spiro atoms. The molecule has 2 aromatic heterocycles. The molecule has 34 heavy (non-hydrogen) atoms. The lowest BCUT2D eigenvalue weighted by atomic mass is 10.0. The molecule has 2 aromatic carbocycles. The van der Waals surface area contributed by atoms with Crippen molar-refractivity contribution in [2.45, 2.75) is 13.3 Å². The van der Waals surface area contributed by atoms with Crippen molar-refractivity contribution >= 4 is 34.8 Å². The van der Waals surface area contributed by atoms with E-state index in [1.165, 1.54) is 0 Å². The standard InChI is InChI=1S/C27H26Cl2N4O/c1-2-13-31-15-17-32(18-16-31)27(34)23-4-3-14-33-25(20-7-11-22(29)12-8-20)24(30-26(23)33)19-5-9-21(28)10-6-19/h3-12,14H,2,13,15-18H2,1H3/p+1. The molecule has 0 unspecified atom stereocenters. The number of piperazine rings is 1. The van der Waals surface area contributed by atoms with Gasteiger partial charge in [-0.1, -0.05) is 30.1 Å². The van der Waals surface area contributed by atoms with Gasteiger partial charge in [0.1, 0.15) is 5.56 Å². The Kier molecular flexibility index (Phi) is 6.59. The van der Waals surface area contributed by atoms with Gasteiger partial charge in [-0.2, -0.15) is 4.40 Å². The van der Waals surface area contributed by atoms with E-state index in [2.05, 4.69) is 21.2 Å². The first-order chi connectivity index (χ1) is 16.5. The third-order valence-corrected chi connectivity index (χ3v) is 6.90. The molecule has 1 fully saturated rings. The van der Waals surface area contributed by atoms with Crippen molar-refractivity contribution in [2.24, 2.45) is 0 Å². The molecule has 0 bridgehead atoms. The number of imidazole rings is 1. The second-order valence-electron chi connectivity index (χ2n) is 8.64. The fourth-order valence-corrected chi connectivity index (χ4v) is 4.92. The Morgan fingerprint density at radius 1 is 0.912 bits per heavy atom. The Bertz CT molecular complexity index is 1310. The lowest BCUT2D eigenvalue weighted by Gasteiger charge is -2.34. The van der Waals surface area contributed by atoms with Crippen LogP contribution in [0.5, 0.6) is 0 Å². The molecular formula is C27H27Cl2N4O+. The van der Waals surface area contributed by atoms with Crippen molar-refractivity contribution in [1.29, 1.82) is 0 Å². The number of pyridine rings is 1. The molecule has 174 valence electrons. The molecule has 0 radical (unpaired) electrons. The second-order valence-corrected chi connectivity index (χ2v) is 9.51. The van der Waals surface area contributed by atoms with E-state index in [0.717, 1.165) is 67.3 Å². The van der Waals surface area contributed by atoms with Gasteiger partial charge >= 0.3 is 0 Å². The molecule has 0 aliphatic carbocycles. The minimum Gasteiger partial charge on any atom is -0.336 e. The molecule has 4 aromatic rings. The Labute approximate surface area is 209 Å². The van der Waals surface area contributed by atoms with Gasteiger partial charge in [0.25, 0.3) is 11.6 Å². The number of halogens is 2. The molecule has 1 amide bonds. The SMILES string of the molecule is CCCN1CCN(C(=O)c2ccc[n+]3c(-c4ccc(Cl)cc4)c(-c4ccc(Cl)cc4)[nH]c23)CC1. The van der Waals surface area contributed by atoms with E-state index in [1.807, 2.05) is 71.8 Å². The summed E-state index contributed by atoms with van der Waals surface area (Å²) < 4.78 is 2.06. The fourth-order valence-electron chi connectivity index (χ4n) is 4.67. The number of nitrogens with one attached hydrogen (secondary N) is 1. The summed E-state index contributed by atoms with van der Waals surface area (Å²) in [5.41, 5.74) is 5.33. The van der Waals surface area contributed by atoms with Crippen LogP contribution in [0.4, 0.5) is 0 Å². The number of aromatic nitrogens is 2. The van der Waals surface area contributed by atoms with Crippen molar-refractivity contribution in [3.63, 3.8) is 0 Å². The average Bonchev–Trinajstić information content (AvgIpc) is 3.25. The van der Waals surface area contributed by atoms with Crippen LogP contribution in [-0.4, -0.2) is 53.4 Å². The molecule has 0 saturated carbocycles. The van der Waals surface area contributed by atoms with Crippen LogP contribution in [0.25, 0.3) is 28.2 Å². The van der Waals surface area contributed by atoms with Gasteiger partial charge in [0, 0.05) is 47.4 Å². The zero-order chi connectivity index (χ0) is 23.7. The maximum atomic E-state index is 13.6. The minimum absolute atomic E-state index is 0.0563. The molecule has 5 rings (SSSR count). The minimum atomic E-state index is 0.0563. The molecular weight excluding hydrogens is 467 g/mol. The van der Waals surface area contributed by atoms with Gasteiger partial charge < -0.3 is 4.90 Å². The first-order valence-electron chi connectivity index (χ1n) is 11.6. The third-order valence-electron chi connectivity index (χ3n) is 6.40. The summed E-state index contributed by atoms with van der Waals surface area (Å²) in [6.45, 7) is 6.60. The van der Waals surface area contributed by atoms with Gasteiger partial charge in [-0.25, -0.2) is 4.98 Å². The zero-order valence-electron chi connectivity index (χ0n) is 19.1. The summed E-state index contributed by atoms with van der Waals surface area (Å²) in [4.78, 5) is 21.5. The quantitative estimate of drug-likeness (QED) is 0.369. The Balaban J connectivity index is 1.60. The largest absolute Gasteiger partial charge is 0.336 e. The first-order valence-corrected chi connectivity index (χ1v) is 12.4. The monoisotopic (exact) mass is 493 g/mol. The maximum absolute atomic E-state index is 13.6. The van der Waals surface area contributed by atoms with Crippen LogP contribution in [0.1, 0.15) is 23.7 Å². The van der Waals surface area contributed by atoms with Crippen molar-refractivity contribution in [2.75, 3.05) is 32.7 Å². The van der Waals surface area contributed by atoms with Crippen LogP contribution < -0.4 is 4.40 Å². The number of rotatable bonds is 5. The highest BCUT2D eigenvalue weighted by molar-refractivity contribution is 6.31. The van der Waals surface area contributed by atoms with Gasteiger partial charge in [-0.3, -0.25) is 9.69 Å². The Morgan fingerprint density at radius 2 is 1.53 bits per heavy atom. The number of hydrogen-bond acceptors (Lipinski definition) is 2. The second kappa shape index (κ2) is 9.79. The zero-order valence-corrected chi connectivity index (χ0v) is 20.6. The predicted octanol–water partition coefficient (Wildman–Crippen LogP) is 5.56. The third kappa shape index (κ3) is 4.43. The van der Waals surface area contributed by atoms with Gasteiger partial charge in [0.05, 0.1) is 6.20 Å². The molecule has 3 heterocycles. The molecule has 0 atom stereocenters. The molecule has 7 heteroatoms. The number of amides is 1. The first kappa shape index (κ1) is 22.9. The number of H-pyrrole nitrogens is 1. The molecule has 1 aliphatic rings. The molecule has 1 saturated heterocycles. The number of fused-ring (bicyclic) bond motifs is 1. The number of benzene rings is 2. The van der Waals surface area contributed by atoms with Crippen molar-refractivity contribution in [3.8, 4) is 22.5 Å². The van der Waals surface area contributed by atoms with Crippen LogP contribution >= 0.6 is 23.2 Å². The van der Waals surface area contributed by atoms with Crippen LogP contribution in [0, 0.1) is 0 Å². The van der Waals surface area contributed by atoms with E-state index in [-0.39, 0.29) is 5.91 Å². The Hall–Kier alpha value is -2.86. The highest BCUT2D eigenvalue weighted by atomic mass is 35.5. The van der Waals surface area contributed by atoms with E-state index < -0.39 is 0 Å². The fraction of sp³-hybridized carbons (Fsp3) is 0.259. The predicted molar refractivity (Wildman–Crippen MR) is 137 cm³/mol. The highest BCUT2D eigenvalue weighted by Gasteiger charge is 2.30. The van der Waals surface area contributed by atoms with Gasteiger partial charge in [-0.05, 0) is 73.6 Å². The molecule has 1 aliphatic heterocycles. The van der Waals surface area contributed by atoms with E-state index >= 15 is 0 Å². The number of nitrogens with zero attached hydrogens (tertiary/aromatic N) is 3. The van der Waals surface area contributed by atoms with E-state index in [0.29, 0.717) is 15.6 Å². The van der Waals surface area contributed by atoms with E-state index in [4.69, 9.17) is 23.2 Å². The summed E-state index contributed by atoms with van der Waals surface area (Å²) in [5.74, 6) is 0.0563. The highest BCUT2D eigenvalue weighted by Crippen LogP contribution is 2.31. The summed E-state index contributed by atoms with van der Waals surface area (Å²) in [7, 11) is 0. The van der Waals surface area contributed by atoms with E-state index in [1.54, 1.807) is 0 Å². The van der Waals surface area contributed by atoms with Crippen molar-refractivity contribution in [3.05, 3.63) is 82.5 Å². The summed E-state index contributed by atoms with van der Waals surface area (Å²) in [6.07, 6.45) is 3.12. The van der Waals surface area contributed by atoms with Gasteiger partial charge in [0.2, 0.25) is 0 Å². The van der Waals surface area contributed by atoms with Crippen LogP contribution in [0.15, 0.2) is 66.9 Å². The molecule has 5 nitrogen and oxygen atoms in total. The van der Waals surface area contributed by atoms with Crippen LogP contribution in [-0.2, 0) is 0 Å². The number of hydrogen-bond donors (Lipinski definition) is 1.